The van der Waals surface area contributed by atoms with Gasteiger partial charge in [0.05, 0.1) is 23.5 Å². The molecule has 104 valence electrons. The van der Waals surface area contributed by atoms with Gasteiger partial charge < -0.3 is 4.90 Å². The zero-order valence-electron chi connectivity index (χ0n) is 9.60. The first-order valence-electron chi connectivity index (χ1n) is 5.16. The molecule has 0 amide bonds. The minimum Gasteiger partial charge on any atom is -0.367 e. The highest BCUT2D eigenvalue weighted by molar-refractivity contribution is 5.99. The second kappa shape index (κ2) is 4.14. The first-order valence-corrected chi connectivity index (χ1v) is 5.16. The van der Waals surface area contributed by atoms with Crippen LogP contribution in [-0.4, -0.2) is 25.5 Å². The van der Waals surface area contributed by atoms with E-state index in [9.17, 15) is 26.3 Å². The number of rotatable bonds is 0. The lowest BCUT2D eigenvalue weighted by Crippen LogP contribution is -2.37. The molecule has 0 saturated heterocycles. The molecule has 19 heavy (non-hydrogen) atoms. The summed E-state index contributed by atoms with van der Waals surface area (Å²) in [5.41, 5.74) is -2.03. The van der Waals surface area contributed by atoms with Gasteiger partial charge in [0.1, 0.15) is 5.71 Å². The average Bonchev–Trinajstić information content (AvgIpc) is 2.26. The second-order valence-electron chi connectivity index (χ2n) is 4.11. The Hall–Kier alpha value is -1.73. The van der Waals surface area contributed by atoms with E-state index in [1.54, 1.807) is 0 Å². The van der Waals surface area contributed by atoms with Gasteiger partial charge in [-0.25, -0.2) is 4.99 Å². The fourth-order valence-corrected chi connectivity index (χ4v) is 1.74. The zero-order valence-corrected chi connectivity index (χ0v) is 9.60. The molecule has 1 aromatic carbocycles. The van der Waals surface area contributed by atoms with Crippen molar-refractivity contribution < 1.29 is 26.3 Å². The van der Waals surface area contributed by atoms with Gasteiger partial charge >= 0.3 is 12.4 Å². The number of alkyl halides is 6. The van der Waals surface area contributed by atoms with Crippen molar-refractivity contribution in [3.63, 3.8) is 0 Å². The molecule has 1 aromatic rings. The van der Waals surface area contributed by atoms with Crippen molar-refractivity contribution in [1.29, 1.82) is 0 Å². The highest BCUT2D eigenvalue weighted by Gasteiger charge is 2.39. The Balaban J connectivity index is 2.49. The fraction of sp³-hybridized carbons (Fsp3) is 0.364. The van der Waals surface area contributed by atoms with Crippen molar-refractivity contribution in [2.45, 2.75) is 12.4 Å². The topological polar surface area (TPSA) is 15.6 Å². The maximum absolute atomic E-state index is 12.5. The molecule has 0 spiro atoms. The number of nitrogens with zero attached hydrogens (tertiary/aromatic N) is 2. The van der Waals surface area contributed by atoms with Crippen LogP contribution in [0.2, 0.25) is 0 Å². The molecule has 2 nitrogen and oxygen atoms in total. The lowest BCUT2D eigenvalue weighted by Gasteiger charge is -2.28. The molecular weight excluding hydrogens is 274 g/mol. The zero-order chi connectivity index (χ0) is 14.4. The predicted octanol–water partition coefficient (Wildman–Crippen LogP) is 3.79. The molecule has 2 rings (SSSR count). The molecule has 1 aliphatic rings. The monoisotopic (exact) mass is 282 g/mol. The normalized spacial score (nSPS) is 16.2. The number of hydrogen-bond donors (Lipinski definition) is 0. The summed E-state index contributed by atoms with van der Waals surface area (Å²) in [5.74, 6) is 0. The highest BCUT2D eigenvalue weighted by Crippen LogP contribution is 2.39. The maximum Gasteiger partial charge on any atom is 0.431 e. The molecule has 0 radical (unpaired) electrons. The Kier molecular flexibility index (Phi) is 2.98. The Morgan fingerprint density at radius 3 is 2.21 bits per heavy atom. The van der Waals surface area contributed by atoms with Crippen LogP contribution in [0.4, 0.5) is 37.7 Å². The van der Waals surface area contributed by atoms with Crippen LogP contribution in [0.5, 0.6) is 0 Å². The predicted molar refractivity (Wildman–Crippen MR) is 57.9 cm³/mol. The molecule has 0 aliphatic carbocycles. The summed E-state index contributed by atoms with van der Waals surface area (Å²) >= 11 is 0. The summed E-state index contributed by atoms with van der Waals surface area (Å²) in [6, 6.07) is 2.46. The highest BCUT2D eigenvalue weighted by atomic mass is 19.4. The van der Waals surface area contributed by atoms with Crippen molar-refractivity contribution in [2.24, 2.45) is 4.99 Å². The third-order valence-electron chi connectivity index (χ3n) is 2.68. The van der Waals surface area contributed by atoms with Gasteiger partial charge in [0.25, 0.3) is 0 Å². The van der Waals surface area contributed by atoms with Crippen LogP contribution in [-0.2, 0) is 6.18 Å². The minimum atomic E-state index is -4.59. The largest absolute Gasteiger partial charge is 0.431 e. The van der Waals surface area contributed by atoms with E-state index >= 15 is 0 Å². The van der Waals surface area contributed by atoms with Gasteiger partial charge in [0, 0.05) is 7.05 Å². The van der Waals surface area contributed by atoms with Crippen molar-refractivity contribution in [3.8, 4) is 0 Å². The molecule has 0 unspecified atom stereocenters. The van der Waals surface area contributed by atoms with Crippen LogP contribution in [0.25, 0.3) is 0 Å². The lowest BCUT2D eigenvalue weighted by molar-refractivity contribution is -0.137. The molecule has 1 aliphatic heterocycles. The van der Waals surface area contributed by atoms with Gasteiger partial charge in [-0.1, -0.05) is 0 Å². The lowest BCUT2D eigenvalue weighted by atomic mass is 10.1. The van der Waals surface area contributed by atoms with Crippen LogP contribution in [0.15, 0.2) is 23.2 Å². The molecule has 0 aromatic heterocycles. The second-order valence-corrected chi connectivity index (χ2v) is 4.11. The number of halogens is 6. The van der Waals surface area contributed by atoms with Crippen LogP contribution in [0.1, 0.15) is 5.56 Å². The van der Waals surface area contributed by atoms with E-state index in [1.807, 2.05) is 0 Å². The summed E-state index contributed by atoms with van der Waals surface area (Å²) in [6.07, 6.45) is -9.13. The molecule has 1 heterocycles. The number of benzene rings is 1. The molecule has 8 heteroatoms. The Morgan fingerprint density at radius 1 is 1.05 bits per heavy atom. The Labute approximate surface area is 104 Å². The molecule has 0 saturated carbocycles. The van der Waals surface area contributed by atoms with Gasteiger partial charge in [-0.15, -0.1) is 0 Å². The molecular formula is C11H8F6N2. The van der Waals surface area contributed by atoms with E-state index in [-0.39, 0.29) is 11.4 Å². The first kappa shape index (κ1) is 13.7. The fourth-order valence-electron chi connectivity index (χ4n) is 1.74. The molecule has 0 atom stereocenters. The van der Waals surface area contributed by atoms with Crippen LogP contribution >= 0.6 is 0 Å². The quantitative estimate of drug-likeness (QED) is 0.661. The van der Waals surface area contributed by atoms with Crippen LogP contribution in [0.3, 0.4) is 0 Å². The van der Waals surface area contributed by atoms with Crippen LogP contribution < -0.4 is 4.90 Å². The first-order chi connectivity index (χ1) is 8.59. The van der Waals surface area contributed by atoms with E-state index in [0.717, 1.165) is 23.1 Å². The summed E-state index contributed by atoms with van der Waals surface area (Å²) < 4.78 is 75.2. The smallest absolute Gasteiger partial charge is 0.367 e. The number of anilines is 1. The van der Waals surface area contributed by atoms with Crippen LogP contribution in [0, 0.1) is 0 Å². The number of aliphatic imine (C=N–C) groups is 1. The number of fused-ring (bicyclic) bond motifs is 1. The summed E-state index contributed by atoms with van der Waals surface area (Å²) in [6.45, 7) is -0.572. The van der Waals surface area contributed by atoms with E-state index in [2.05, 4.69) is 4.99 Å². The van der Waals surface area contributed by atoms with Gasteiger partial charge in [-0.05, 0) is 18.2 Å². The van der Waals surface area contributed by atoms with E-state index < -0.39 is 30.2 Å². The molecule has 0 fully saturated rings. The standard InChI is InChI=1S/C11H8F6N2/c1-19-5-9(11(15,16)17)18-7-3-2-6(4-8(7)19)10(12,13)14/h2-4H,5H2,1H3. The average molecular weight is 282 g/mol. The van der Waals surface area contributed by atoms with E-state index in [1.165, 1.54) is 7.05 Å². The Bertz CT molecular complexity index is 529. The van der Waals surface area contributed by atoms with Gasteiger partial charge in [-0.3, -0.25) is 0 Å². The summed E-state index contributed by atoms with van der Waals surface area (Å²) in [7, 11) is 1.29. The number of hydrogen-bond acceptors (Lipinski definition) is 2. The van der Waals surface area contributed by atoms with Gasteiger partial charge in [-0.2, -0.15) is 26.3 Å². The van der Waals surface area contributed by atoms with Gasteiger partial charge in [0.15, 0.2) is 0 Å². The van der Waals surface area contributed by atoms with Crippen molar-refractivity contribution in [1.82, 2.24) is 0 Å². The Morgan fingerprint density at radius 2 is 1.68 bits per heavy atom. The summed E-state index contributed by atoms with van der Waals surface area (Å²) in [5, 5.41) is 0. The van der Waals surface area contributed by atoms with Crippen molar-refractivity contribution in [3.05, 3.63) is 23.8 Å². The van der Waals surface area contributed by atoms with Crippen molar-refractivity contribution >= 4 is 17.1 Å². The third kappa shape index (κ3) is 2.66. The SMILES string of the molecule is CN1CC(C(F)(F)F)=Nc2ccc(C(F)(F)F)cc21. The van der Waals surface area contributed by atoms with E-state index in [4.69, 9.17) is 0 Å². The minimum absolute atomic E-state index is 0.0304. The van der Waals surface area contributed by atoms with E-state index in [0.29, 0.717) is 0 Å². The maximum atomic E-state index is 12.5. The molecule has 0 N–H and O–H groups in total. The molecule has 0 bridgehead atoms. The van der Waals surface area contributed by atoms with Gasteiger partial charge in [0.2, 0.25) is 0 Å². The summed E-state index contributed by atoms with van der Waals surface area (Å²) in [4.78, 5) is 4.47. The van der Waals surface area contributed by atoms with Crippen molar-refractivity contribution in [2.75, 3.05) is 18.5 Å². The third-order valence-corrected chi connectivity index (χ3v) is 2.68.